The molecule has 0 spiro atoms. The molecule has 0 aliphatic rings. The van der Waals surface area contributed by atoms with Crippen LogP contribution in [-0.2, 0) is 17.8 Å². The van der Waals surface area contributed by atoms with Gasteiger partial charge in [0.05, 0.1) is 19.2 Å². The lowest BCUT2D eigenvalue weighted by atomic mass is 10.1. The topological polar surface area (TPSA) is 56.1 Å². The Labute approximate surface area is 151 Å². The second-order valence-corrected chi connectivity index (χ2v) is 6.09. The van der Waals surface area contributed by atoms with Gasteiger partial charge in [-0.3, -0.25) is 9.48 Å². The van der Waals surface area contributed by atoms with E-state index in [0.717, 1.165) is 28.6 Å². The number of nitrogens with one attached hydrogen (secondary N) is 1. The van der Waals surface area contributed by atoms with Crippen molar-refractivity contribution in [2.24, 2.45) is 0 Å². The van der Waals surface area contributed by atoms with E-state index in [-0.39, 0.29) is 5.91 Å². The van der Waals surface area contributed by atoms with E-state index in [1.165, 1.54) is 0 Å². The number of aromatic nitrogens is 2. The highest BCUT2D eigenvalue weighted by atomic mass is 35.5. The summed E-state index contributed by atoms with van der Waals surface area (Å²) >= 11 is 6.12. The molecular formula is C19H20ClN3O2. The van der Waals surface area contributed by atoms with Crippen LogP contribution < -0.4 is 10.1 Å². The molecule has 0 atom stereocenters. The number of hydrogen-bond acceptors (Lipinski definition) is 3. The summed E-state index contributed by atoms with van der Waals surface area (Å²) < 4.78 is 6.91. The third-order valence-corrected chi connectivity index (χ3v) is 4.34. The van der Waals surface area contributed by atoms with Gasteiger partial charge in [0.15, 0.2) is 5.15 Å². The van der Waals surface area contributed by atoms with Crippen molar-refractivity contribution in [3.05, 3.63) is 59.2 Å². The number of carbonyl (C=O) groups excluding carboxylic acids is 1. The molecular weight excluding hydrogens is 338 g/mol. The van der Waals surface area contributed by atoms with E-state index in [1.807, 2.05) is 48.5 Å². The first-order valence-corrected chi connectivity index (χ1v) is 8.56. The molecule has 25 heavy (non-hydrogen) atoms. The van der Waals surface area contributed by atoms with Gasteiger partial charge in [0, 0.05) is 18.4 Å². The Morgan fingerprint density at radius 3 is 2.72 bits per heavy atom. The fraction of sp³-hybridized carbons (Fsp3) is 0.263. The Hall–Kier alpha value is -2.53. The molecule has 2 aromatic carbocycles. The molecule has 1 heterocycles. The van der Waals surface area contributed by atoms with Gasteiger partial charge >= 0.3 is 0 Å². The summed E-state index contributed by atoms with van der Waals surface area (Å²) in [4.78, 5) is 12.0. The number of carbonyl (C=O) groups is 1. The van der Waals surface area contributed by atoms with Crippen LogP contribution in [0.3, 0.4) is 0 Å². The molecule has 0 aliphatic heterocycles. The van der Waals surface area contributed by atoms with Crippen molar-refractivity contribution >= 4 is 28.4 Å². The number of amides is 1. The van der Waals surface area contributed by atoms with Gasteiger partial charge in [-0.25, -0.2) is 0 Å². The molecule has 1 N–H and O–H groups in total. The Kier molecular flexibility index (Phi) is 5.56. The van der Waals surface area contributed by atoms with E-state index in [4.69, 9.17) is 16.3 Å². The van der Waals surface area contributed by atoms with Crippen LogP contribution in [0.5, 0.6) is 5.75 Å². The number of hydrogen-bond donors (Lipinski definition) is 1. The molecule has 0 unspecified atom stereocenters. The van der Waals surface area contributed by atoms with Crippen molar-refractivity contribution in [3.63, 3.8) is 0 Å². The van der Waals surface area contributed by atoms with Gasteiger partial charge in [0.2, 0.25) is 5.91 Å². The third-order valence-electron chi connectivity index (χ3n) is 4.06. The summed E-state index contributed by atoms with van der Waals surface area (Å²) in [5, 5.41) is 8.61. The third kappa shape index (κ3) is 4.31. The molecule has 0 radical (unpaired) electrons. The first-order valence-electron chi connectivity index (χ1n) is 8.18. The van der Waals surface area contributed by atoms with Crippen LogP contribution in [0, 0.1) is 0 Å². The Bertz CT molecular complexity index is 859. The Morgan fingerprint density at radius 2 is 1.96 bits per heavy atom. The van der Waals surface area contributed by atoms with Crippen LogP contribution in [0.2, 0.25) is 5.15 Å². The predicted molar refractivity (Wildman–Crippen MR) is 99.1 cm³/mol. The first kappa shape index (κ1) is 17.3. The molecule has 0 saturated heterocycles. The van der Waals surface area contributed by atoms with Crippen molar-refractivity contribution in [3.8, 4) is 5.75 Å². The fourth-order valence-electron chi connectivity index (χ4n) is 2.69. The zero-order valence-electron chi connectivity index (χ0n) is 14.0. The van der Waals surface area contributed by atoms with Crippen molar-refractivity contribution in [1.82, 2.24) is 15.1 Å². The highest BCUT2D eigenvalue weighted by Gasteiger charge is 2.09. The minimum absolute atomic E-state index is 0.00390. The number of rotatable bonds is 7. The smallest absolute Gasteiger partial charge is 0.221 e. The lowest BCUT2D eigenvalue weighted by Crippen LogP contribution is -2.26. The van der Waals surface area contributed by atoms with E-state index in [9.17, 15) is 4.79 Å². The molecule has 6 heteroatoms. The largest absolute Gasteiger partial charge is 0.497 e. The van der Waals surface area contributed by atoms with Gasteiger partial charge in [0.25, 0.3) is 0 Å². The summed E-state index contributed by atoms with van der Waals surface area (Å²) in [6.45, 7) is 1.10. The number of ether oxygens (including phenoxy) is 1. The summed E-state index contributed by atoms with van der Waals surface area (Å²) in [6.07, 6.45) is 1.15. The predicted octanol–water partition coefficient (Wildman–Crippen LogP) is 3.45. The van der Waals surface area contributed by atoms with Gasteiger partial charge in [-0.1, -0.05) is 35.9 Å². The maximum absolute atomic E-state index is 12.0. The van der Waals surface area contributed by atoms with Gasteiger partial charge < -0.3 is 10.1 Å². The van der Waals surface area contributed by atoms with Gasteiger partial charge in [-0.2, -0.15) is 5.10 Å². The van der Waals surface area contributed by atoms with Crippen molar-refractivity contribution in [1.29, 1.82) is 0 Å². The molecule has 1 amide bonds. The van der Waals surface area contributed by atoms with E-state index >= 15 is 0 Å². The summed E-state index contributed by atoms with van der Waals surface area (Å²) in [6, 6.07) is 15.6. The molecule has 0 bridgehead atoms. The Morgan fingerprint density at radius 1 is 1.20 bits per heavy atom. The average molecular weight is 358 g/mol. The monoisotopic (exact) mass is 357 g/mol. The minimum atomic E-state index is 0.00390. The van der Waals surface area contributed by atoms with E-state index in [0.29, 0.717) is 24.7 Å². The zero-order chi connectivity index (χ0) is 17.6. The van der Waals surface area contributed by atoms with Crippen LogP contribution in [-0.4, -0.2) is 29.3 Å². The first-order chi connectivity index (χ1) is 12.2. The lowest BCUT2D eigenvalue weighted by Gasteiger charge is -2.07. The number of halogens is 1. The SMILES string of the molecule is COc1ccc(CCNC(=O)CCn2nc(Cl)c3ccccc32)cc1. The molecule has 3 rings (SSSR count). The van der Waals surface area contributed by atoms with E-state index < -0.39 is 0 Å². The Balaban J connectivity index is 1.47. The zero-order valence-corrected chi connectivity index (χ0v) is 14.8. The molecule has 3 aromatic rings. The maximum atomic E-state index is 12.0. The van der Waals surface area contributed by atoms with E-state index in [2.05, 4.69) is 10.4 Å². The number of benzene rings is 2. The molecule has 130 valence electrons. The molecule has 5 nitrogen and oxygen atoms in total. The highest BCUT2D eigenvalue weighted by molar-refractivity contribution is 6.34. The van der Waals surface area contributed by atoms with Crippen molar-refractivity contribution < 1.29 is 9.53 Å². The summed E-state index contributed by atoms with van der Waals surface area (Å²) in [7, 11) is 1.64. The normalized spacial score (nSPS) is 10.8. The quantitative estimate of drug-likeness (QED) is 0.704. The maximum Gasteiger partial charge on any atom is 0.221 e. The van der Waals surface area contributed by atoms with E-state index in [1.54, 1.807) is 11.8 Å². The van der Waals surface area contributed by atoms with Gasteiger partial charge in [-0.15, -0.1) is 0 Å². The number of methoxy groups -OCH3 is 1. The van der Waals surface area contributed by atoms with Crippen LogP contribution in [0.1, 0.15) is 12.0 Å². The van der Waals surface area contributed by atoms with Crippen molar-refractivity contribution in [2.45, 2.75) is 19.4 Å². The second kappa shape index (κ2) is 8.03. The lowest BCUT2D eigenvalue weighted by molar-refractivity contribution is -0.121. The number of aryl methyl sites for hydroxylation is 1. The van der Waals surface area contributed by atoms with Crippen molar-refractivity contribution in [2.75, 3.05) is 13.7 Å². The number of para-hydroxylation sites is 1. The molecule has 0 aliphatic carbocycles. The second-order valence-electron chi connectivity index (χ2n) is 5.73. The standard InChI is InChI=1S/C19H20ClN3O2/c1-25-15-8-6-14(7-9-15)10-12-21-18(24)11-13-23-17-5-3-2-4-16(17)19(20)22-23/h2-9H,10-13H2,1H3,(H,21,24). The average Bonchev–Trinajstić information content (AvgIpc) is 2.97. The highest BCUT2D eigenvalue weighted by Crippen LogP contribution is 2.22. The molecule has 1 aromatic heterocycles. The molecule has 0 fully saturated rings. The minimum Gasteiger partial charge on any atom is -0.497 e. The fourth-order valence-corrected chi connectivity index (χ4v) is 2.94. The van der Waals surface area contributed by atoms with Crippen LogP contribution >= 0.6 is 11.6 Å². The summed E-state index contributed by atoms with van der Waals surface area (Å²) in [5.41, 5.74) is 2.10. The van der Waals surface area contributed by atoms with Gasteiger partial charge in [0.1, 0.15) is 5.75 Å². The molecule has 0 saturated carbocycles. The van der Waals surface area contributed by atoms with Crippen LogP contribution in [0.25, 0.3) is 10.9 Å². The number of fused-ring (bicyclic) bond motifs is 1. The van der Waals surface area contributed by atoms with Crippen LogP contribution in [0.15, 0.2) is 48.5 Å². The number of nitrogens with zero attached hydrogens (tertiary/aromatic N) is 2. The van der Waals surface area contributed by atoms with Crippen LogP contribution in [0.4, 0.5) is 0 Å². The summed E-state index contributed by atoms with van der Waals surface area (Å²) in [5.74, 6) is 0.835. The van der Waals surface area contributed by atoms with Gasteiger partial charge in [-0.05, 0) is 36.2 Å².